The Kier molecular flexibility index (Phi) is 9.51. The Labute approximate surface area is 245 Å². The Balaban J connectivity index is 1.32. The molecular weight excluding hydrogens is 572 g/mol. The van der Waals surface area contributed by atoms with Crippen LogP contribution in [0.4, 0.5) is 0 Å². The minimum atomic E-state index is -1.60. The van der Waals surface area contributed by atoms with Crippen molar-refractivity contribution in [3.63, 3.8) is 0 Å². The number of carbonyl (C=O) groups excluding carboxylic acids is 1. The van der Waals surface area contributed by atoms with Crippen LogP contribution in [-0.2, 0) is 33.2 Å². The fraction of sp³-hybridized carbons (Fsp3) is 0.483. The summed E-state index contributed by atoms with van der Waals surface area (Å²) in [6, 6.07) is 10.1. The van der Waals surface area contributed by atoms with Gasteiger partial charge in [-0.3, -0.25) is 0 Å². The quantitative estimate of drug-likeness (QED) is 0.124. The van der Waals surface area contributed by atoms with E-state index in [0.717, 1.165) is 6.08 Å². The Hall–Kier alpha value is -3.31. The van der Waals surface area contributed by atoms with E-state index < -0.39 is 80.1 Å². The summed E-state index contributed by atoms with van der Waals surface area (Å²) in [5.74, 6) is -1.48. The summed E-state index contributed by atoms with van der Waals surface area (Å²) < 4.78 is 34.5. The summed E-state index contributed by atoms with van der Waals surface area (Å²) in [7, 11) is 0. The second-order valence-electron chi connectivity index (χ2n) is 10.5. The minimum Gasteiger partial charge on any atom is -0.508 e. The average molecular weight is 607 g/mol. The van der Waals surface area contributed by atoms with Crippen molar-refractivity contribution in [2.24, 2.45) is 0 Å². The van der Waals surface area contributed by atoms with Crippen molar-refractivity contribution in [3.8, 4) is 17.2 Å². The molecule has 5 rings (SSSR count). The number of aliphatic hydroxyl groups is 4. The maximum absolute atomic E-state index is 12.8. The van der Waals surface area contributed by atoms with Crippen molar-refractivity contribution in [2.75, 3.05) is 13.2 Å². The molecule has 2 aromatic rings. The number of benzene rings is 2. The number of fused-ring (bicyclic) bond motifs is 1. The van der Waals surface area contributed by atoms with E-state index in [1.165, 1.54) is 43.3 Å². The van der Waals surface area contributed by atoms with Gasteiger partial charge in [0.2, 0.25) is 0 Å². The second-order valence-corrected chi connectivity index (χ2v) is 10.5. The van der Waals surface area contributed by atoms with Crippen molar-refractivity contribution in [1.82, 2.24) is 0 Å². The van der Waals surface area contributed by atoms with E-state index in [2.05, 4.69) is 0 Å². The first-order valence-electron chi connectivity index (χ1n) is 13.6. The summed E-state index contributed by atoms with van der Waals surface area (Å²) in [5, 5.41) is 70.8. The Morgan fingerprint density at radius 3 is 2.37 bits per heavy atom. The van der Waals surface area contributed by atoms with Gasteiger partial charge >= 0.3 is 5.97 Å². The zero-order valence-corrected chi connectivity index (χ0v) is 22.9. The molecule has 3 heterocycles. The van der Waals surface area contributed by atoms with Gasteiger partial charge in [0.15, 0.2) is 30.2 Å². The van der Waals surface area contributed by atoms with Gasteiger partial charge in [-0.05, 0) is 48.4 Å². The van der Waals surface area contributed by atoms with Crippen LogP contribution >= 0.6 is 0 Å². The summed E-state index contributed by atoms with van der Waals surface area (Å²) in [6.45, 7) is 1.05. The van der Waals surface area contributed by atoms with E-state index >= 15 is 0 Å². The van der Waals surface area contributed by atoms with Crippen LogP contribution in [0.15, 0.2) is 48.5 Å². The number of aromatic hydroxyl groups is 3. The first kappa shape index (κ1) is 31.1. The molecule has 0 spiro atoms. The molecule has 0 aromatic heterocycles. The van der Waals surface area contributed by atoms with Crippen LogP contribution in [0.5, 0.6) is 17.2 Å². The van der Waals surface area contributed by atoms with Crippen LogP contribution in [0.25, 0.3) is 6.08 Å². The number of ether oxygens (including phenoxy) is 6. The van der Waals surface area contributed by atoms with Gasteiger partial charge in [-0.25, -0.2) is 4.79 Å². The van der Waals surface area contributed by atoms with Crippen LogP contribution in [0, 0.1) is 0 Å². The van der Waals surface area contributed by atoms with Gasteiger partial charge in [0, 0.05) is 6.08 Å². The molecule has 2 aromatic carbocycles. The Morgan fingerprint density at radius 2 is 1.65 bits per heavy atom. The summed E-state index contributed by atoms with van der Waals surface area (Å²) in [5.41, 5.74) is 1.05. The third kappa shape index (κ3) is 6.93. The largest absolute Gasteiger partial charge is 0.508 e. The zero-order chi connectivity index (χ0) is 30.8. The lowest BCUT2D eigenvalue weighted by Gasteiger charge is -2.47. The van der Waals surface area contributed by atoms with E-state index in [-0.39, 0.29) is 23.9 Å². The van der Waals surface area contributed by atoms with Gasteiger partial charge in [-0.1, -0.05) is 18.2 Å². The number of hydrogen-bond donors (Lipinski definition) is 7. The molecular formula is C29H34O14. The summed E-state index contributed by atoms with van der Waals surface area (Å²) in [6.07, 6.45) is -11.2. The van der Waals surface area contributed by atoms with Crippen molar-refractivity contribution in [1.29, 1.82) is 0 Å². The third-order valence-electron chi connectivity index (χ3n) is 7.51. The molecule has 0 amide bonds. The van der Waals surface area contributed by atoms with Crippen molar-refractivity contribution in [2.45, 2.75) is 74.4 Å². The fourth-order valence-corrected chi connectivity index (χ4v) is 5.04. The normalized spacial score (nSPS) is 36.3. The molecule has 0 aliphatic carbocycles. The molecule has 0 bridgehead atoms. The maximum Gasteiger partial charge on any atom is 0.331 e. The van der Waals surface area contributed by atoms with Crippen molar-refractivity contribution < 1.29 is 69.0 Å². The molecule has 14 nitrogen and oxygen atoms in total. The lowest BCUT2D eigenvalue weighted by atomic mass is 9.96. The van der Waals surface area contributed by atoms with E-state index in [9.17, 15) is 40.5 Å². The highest BCUT2D eigenvalue weighted by Crippen LogP contribution is 2.37. The van der Waals surface area contributed by atoms with Gasteiger partial charge in [0.25, 0.3) is 0 Å². The number of rotatable bonds is 7. The molecule has 3 aliphatic heterocycles. The topological polar surface area (TPSA) is 214 Å². The highest BCUT2D eigenvalue weighted by Gasteiger charge is 2.52. The van der Waals surface area contributed by atoms with Gasteiger partial charge < -0.3 is 64.2 Å². The number of aliphatic hydroxyl groups excluding tert-OH is 4. The highest BCUT2D eigenvalue weighted by molar-refractivity contribution is 5.87. The smallest absolute Gasteiger partial charge is 0.331 e. The first-order valence-corrected chi connectivity index (χ1v) is 13.6. The van der Waals surface area contributed by atoms with Crippen molar-refractivity contribution in [3.05, 3.63) is 59.7 Å². The molecule has 0 saturated carbocycles. The number of carbonyl (C=O) groups is 1. The number of phenolic OH excluding ortho intramolecular Hbond substituents is 3. The molecule has 43 heavy (non-hydrogen) atoms. The van der Waals surface area contributed by atoms with Gasteiger partial charge in [0.1, 0.15) is 48.5 Å². The van der Waals surface area contributed by atoms with E-state index in [1.807, 2.05) is 0 Å². The van der Waals surface area contributed by atoms with E-state index in [1.54, 1.807) is 12.1 Å². The van der Waals surface area contributed by atoms with Gasteiger partial charge in [0.05, 0.1) is 19.3 Å². The Bertz CT molecular complexity index is 1280. The molecule has 0 unspecified atom stereocenters. The van der Waals surface area contributed by atoms with Crippen LogP contribution < -0.4 is 0 Å². The average Bonchev–Trinajstić information content (AvgIpc) is 2.99. The SMILES string of the molecule is C[C@@H]1O[C@@H](OC[C@H]2O[C@H]3OC[C@H](c4ccc(O)c(O)c4)O[C@@H]3[C@@H](O)[C@@H]2OC(=O)/C=C/c2ccc(O)cc2)[C@H](O)[C@H](O)[C@H]1O. The van der Waals surface area contributed by atoms with Crippen LogP contribution in [0.2, 0.25) is 0 Å². The molecule has 3 saturated heterocycles. The van der Waals surface area contributed by atoms with E-state index in [0.29, 0.717) is 11.1 Å². The Morgan fingerprint density at radius 1 is 0.907 bits per heavy atom. The maximum atomic E-state index is 12.8. The molecule has 0 radical (unpaired) electrons. The fourth-order valence-electron chi connectivity index (χ4n) is 5.04. The standard InChI is InChI=1S/C29H34O14/c1-13-22(34)23(35)24(36)28(40-13)38-12-20-26(43-21(33)9-4-14-2-6-16(30)7-3-14)25(37)27-29(42-20)39-11-19(41-27)15-5-8-17(31)18(32)10-15/h2-10,13,19-20,22-32,34-37H,11-12H2,1H3/b9-4+/t13-,19+,20+,22-,23+,24+,25-,26+,27+,28+,29+/m0/s1. The van der Waals surface area contributed by atoms with Crippen LogP contribution in [0.1, 0.15) is 24.2 Å². The second kappa shape index (κ2) is 13.1. The van der Waals surface area contributed by atoms with Gasteiger partial charge in [-0.15, -0.1) is 0 Å². The number of esters is 1. The van der Waals surface area contributed by atoms with E-state index in [4.69, 9.17) is 28.4 Å². The lowest BCUT2D eigenvalue weighted by molar-refractivity contribution is -0.360. The third-order valence-corrected chi connectivity index (χ3v) is 7.51. The predicted octanol–water partition coefficient (Wildman–Crippen LogP) is -0.185. The first-order chi connectivity index (χ1) is 20.5. The predicted molar refractivity (Wildman–Crippen MR) is 143 cm³/mol. The zero-order valence-electron chi connectivity index (χ0n) is 22.9. The lowest BCUT2D eigenvalue weighted by Crippen LogP contribution is -2.64. The highest BCUT2D eigenvalue weighted by atomic mass is 16.8. The van der Waals surface area contributed by atoms with Gasteiger partial charge in [-0.2, -0.15) is 0 Å². The number of phenols is 3. The molecule has 11 atom stereocenters. The summed E-state index contributed by atoms with van der Waals surface area (Å²) >= 11 is 0. The molecule has 234 valence electrons. The van der Waals surface area contributed by atoms with Crippen molar-refractivity contribution >= 4 is 12.0 Å². The molecule has 14 heteroatoms. The monoisotopic (exact) mass is 606 g/mol. The van der Waals surface area contributed by atoms with Crippen LogP contribution in [0.3, 0.4) is 0 Å². The molecule has 3 fully saturated rings. The van der Waals surface area contributed by atoms with Crippen LogP contribution in [-0.4, -0.2) is 116 Å². The minimum absolute atomic E-state index is 0.0441. The molecule has 3 aliphatic rings. The number of hydrogen-bond acceptors (Lipinski definition) is 14. The molecule has 7 N–H and O–H groups in total. The summed E-state index contributed by atoms with van der Waals surface area (Å²) in [4.78, 5) is 12.8.